The normalized spacial score (nSPS) is 11.1. The fourth-order valence-electron chi connectivity index (χ4n) is 2.65. The van der Waals surface area contributed by atoms with Crippen LogP contribution < -0.4 is 14.8 Å². The molecule has 0 aliphatic carbocycles. The lowest BCUT2D eigenvalue weighted by Gasteiger charge is -2.17. The third kappa shape index (κ3) is 6.57. The molecule has 0 aromatic heterocycles. The monoisotopic (exact) mass is 446 g/mol. The summed E-state index contributed by atoms with van der Waals surface area (Å²) in [6.07, 6.45) is 4.90. The van der Waals surface area contributed by atoms with Gasteiger partial charge in [0, 0.05) is 6.54 Å². The average Bonchev–Trinajstić information content (AvgIpc) is 2.75. The van der Waals surface area contributed by atoms with Crippen molar-refractivity contribution in [2.45, 2.75) is 12.5 Å². The topological polar surface area (TPSA) is 80.6 Å². The number of hydrogen-bond acceptors (Lipinski definition) is 5. The van der Waals surface area contributed by atoms with E-state index < -0.39 is 6.10 Å². The van der Waals surface area contributed by atoms with Gasteiger partial charge in [0.2, 0.25) is 0 Å². The zero-order valence-corrected chi connectivity index (χ0v) is 17.8. The molecular formula is C22H20Cl2N2O4. The number of methoxy groups -OCH3 is 1. The Morgan fingerprint density at radius 3 is 2.63 bits per heavy atom. The Labute approximate surface area is 185 Å². The van der Waals surface area contributed by atoms with Crippen LogP contribution in [0.5, 0.6) is 11.5 Å². The van der Waals surface area contributed by atoms with Gasteiger partial charge in [0.1, 0.15) is 12.7 Å². The SMILES string of the molecule is C#CCOC(C(=O)NCCc1ccc(OCC#N)c(OC)c1)c1ccc(Cl)c(Cl)c1. The van der Waals surface area contributed by atoms with Crippen molar-refractivity contribution in [2.75, 3.05) is 26.9 Å². The van der Waals surface area contributed by atoms with Crippen molar-refractivity contribution in [1.82, 2.24) is 5.32 Å². The van der Waals surface area contributed by atoms with Crippen molar-refractivity contribution >= 4 is 29.1 Å². The molecule has 1 amide bonds. The first-order valence-electron chi connectivity index (χ1n) is 8.94. The number of nitrogens with one attached hydrogen (secondary N) is 1. The van der Waals surface area contributed by atoms with Crippen molar-refractivity contribution in [2.24, 2.45) is 0 Å². The first-order valence-corrected chi connectivity index (χ1v) is 9.70. The summed E-state index contributed by atoms with van der Waals surface area (Å²) >= 11 is 12.0. The van der Waals surface area contributed by atoms with Gasteiger partial charge in [-0.15, -0.1) is 6.42 Å². The summed E-state index contributed by atoms with van der Waals surface area (Å²) in [5.74, 6) is 3.01. The minimum atomic E-state index is -0.910. The summed E-state index contributed by atoms with van der Waals surface area (Å²) < 4.78 is 16.1. The molecule has 0 saturated carbocycles. The molecule has 30 heavy (non-hydrogen) atoms. The summed E-state index contributed by atoms with van der Waals surface area (Å²) in [4.78, 5) is 12.7. The van der Waals surface area contributed by atoms with Gasteiger partial charge in [0.25, 0.3) is 5.91 Å². The minimum Gasteiger partial charge on any atom is -0.493 e. The van der Waals surface area contributed by atoms with Gasteiger partial charge < -0.3 is 19.5 Å². The largest absolute Gasteiger partial charge is 0.493 e. The predicted octanol–water partition coefficient (Wildman–Crippen LogP) is 3.95. The van der Waals surface area contributed by atoms with E-state index in [-0.39, 0.29) is 19.1 Å². The van der Waals surface area contributed by atoms with Crippen LogP contribution in [0.4, 0.5) is 0 Å². The highest BCUT2D eigenvalue weighted by atomic mass is 35.5. The highest BCUT2D eigenvalue weighted by Crippen LogP contribution is 2.29. The van der Waals surface area contributed by atoms with Gasteiger partial charge in [-0.3, -0.25) is 4.79 Å². The highest BCUT2D eigenvalue weighted by Gasteiger charge is 2.22. The van der Waals surface area contributed by atoms with Gasteiger partial charge in [-0.2, -0.15) is 5.26 Å². The molecule has 8 heteroatoms. The second-order valence-electron chi connectivity index (χ2n) is 6.04. The smallest absolute Gasteiger partial charge is 0.253 e. The van der Waals surface area contributed by atoms with Crippen LogP contribution in [-0.4, -0.2) is 32.8 Å². The lowest BCUT2D eigenvalue weighted by molar-refractivity contribution is -0.132. The first-order chi connectivity index (χ1) is 14.5. The number of rotatable bonds is 10. The molecule has 0 spiro atoms. The third-order valence-corrected chi connectivity index (χ3v) is 4.79. The van der Waals surface area contributed by atoms with Crippen LogP contribution in [0.2, 0.25) is 10.0 Å². The lowest BCUT2D eigenvalue weighted by atomic mass is 10.1. The van der Waals surface area contributed by atoms with Crippen LogP contribution in [0.3, 0.4) is 0 Å². The molecule has 2 aromatic rings. The van der Waals surface area contributed by atoms with Crippen LogP contribution in [0.15, 0.2) is 36.4 Å². The Morgan fingerprint density at radius 2 is 1.97 bits per heavy atom. The molecule has 0 aliphatic heterocycles. The number of nitrogens with zero attached hydrogens (tertiary/aromatic N) is 1. The van der Waals surface area contributed by atoms with E-state index in [4.69, 9.17) is 49.1 Å². The number of terminal acetylenes is 1. The third-order valence-electron chi connectivity index (χ3n) is 4.05. The summed E-state index contributed by atoms with van der Waals surface area (Å²) in [5, 5.41) is 12.2. The number of halogens is 2. The second-order valence-corrected chi connectivity index (χ2v) is 6.86. The molecule has 1 N–H and O–H groups in total. The lowest BCUT2D eigenvalue weighted by Crippen LogP contribution is -2.32. The zero-order chi connectivity index (χ0) is 21.9. The molecule has 0 radical (unpaired) electrons. The summed E-state index contributed by atoms with van der Waals surface area (Å²) in [5.41, 5.74) is 1.48. The van der Waals surface area contributed by atoms with Crippen molar-refractivity contribution in [3.05, 3.63) is 57.6 Å². The van der Waals surface area contributed by atoms with E-state index in [0.717, 1.165) is 5.56 Å². The van der Waals surface area contributed by atoms with Crippen LogP contribution in [0, 0.1) is 23.7 Å². The Morgan fingerprint density at radius 1 is 1.17 bits per heavy atom. The molecule has 0 heterocycles. The van der Waals surface area contributed by atoms with Crippen LogP contribution in [0.25, 0.3) is 0 Å². The van der Waals surface area contributed by atoms with E-state index in [2.05, 4.69) is 11.2 Å². The zero-order valence-electron chi connectivity index (χ0n) is 16.3. The molecular weight excluding hydrogens is 427 g/mol. The van der Waals surface area contributed by atoms with E-state index in [9.17, 15) is 4.79 Å². The van der Waals surface area contributed by atoms with E-state index in [1.807, 2.05) is 12.1 Å². The molecule has 0 fully saturated rings. The van der Waals surface area contributed by atoms with Gasteiger partial charge in [0.05, 0.1) is 17.2 Å². The molecule has 0 saturated heterocycles. The number of hydrogen-bond donors (Lipinski definition) is 1. The highest BCUT2D eigenvalue weighted by molar-refractivity contribution is 6.42. The number of amides is 1. The molecule has 0 bridgehead atoms. The van der Waals surface area contributed by atoms with E-state index >= 15 is 0 Å². The number of carbonyl (C=O) groups is 1. The molecule has 1 atom stereocenters. The van der Waals surface area contributed by atoms with Crippen molar-refractivity contribution < 1.29 is 19.0 Å². The van der Waals surface area contributed by atoms with Gasteiger partial charge in [0.15, 0.2) is 24.2 Å². The van der Waals surface area contributed by atoms with Crippen molar-refractivity contribution in [1.29, 1.82) is 5.26 Å². The fourth-order valence-corrected chi connectivity index (χ4v) is 2.96. The van der Waals surface area contributed by atoms with E-state index in [0.29, 0.717) is 40.1 Å². The maximum absolute atomic E-state index is 12.7. The van der Waals surface area contributed by atoms with Crippen LogP contribution in [-0.2, 0) is 16.0 Å². The molecule has 156 valence electrons. The quantitative estimate of drug-likeness (QED) is 0.558. The van der Waals surface area contributed by atoms with Crippen LogP contribution in [0.1, 0.15) is 17.2 Å². The number of nitriles is 1. The summed E-state index contributed by atoms with van der Waals surface area (Å²) in [7, 11) is 1.52. The van der Waals surface area contributed by atoms with Crippen LogP contribution >= 0.6 is 23.2 Å². The number of carbonyl (C=O) groups excluding carboxylic acids is 1. The maximum Gasteiger partial charge on any atom is 0.253 e. The van der Waals surface area contributed by atoms with Gasteiger partial charge >= 0.3 is 0 Å². The Bertz CT molecular complexity index is 967. The molecule has 2 aromatic carbocycles. The first kappa shape index (κ1) is 23.4. The number of benzene rings is 2. The standard InChI is InChI=1S/C22H20Cl2N2O4/c1-3-11-30-21(16-5-6-17(23)18(24)14-16)22(27)26-10-8-15-4-7-19(29-12-9-25)20(13-15)28-2/h1,4-7,13-14,21H,8,10-12H2,2H3,(H,26,27). The van der Waals surface area contributed by atoms with Gasteiger partial charge in [-0.25, -0.2) is 0 Å². The molecule has 6 nitrogen and oxygen atoms in total. The van der Waals surface area contributed by atoms with Gasteiger partial charge in [-0.1, -0.05) is 41.3 Å². The molecule has 1 unspecified atom stereocenters. The van der Waals surface area contributed by atoms with E-state index in [1.54, 1.807) is 30.3 Å². The Kier molecular flexibility index (Phi) is 9.31. The Balaban J connectivity index is 2.02. The molecule has 2 rings (SSSR count). The van der Waals surface area contributed by atoms with E-state index in [1.165, 1.54) is 7.11 Å². The summed E-state index contributed by atoms with van der Waals surface area (Å²) in [6, 6.07) is 12.1. The van der Waals surface area contributed by atoms with Crippen molar-refractivity contribution in [3.63, 3.8) is 0 Å². The maximum atomic E-state index is 12.7. The minimum absolute atomic E-state index is 0.0281. The second kappa shape index (κ2) is 11.9. The Hall–Kier alpha value is -2.90. The average molecular weight is 447 g/mol. The summed E-state index contributed by atoms with van der Waals surface area (Å²) in [6.45, 7) is 0.261. The fraction of sp³-hybridized carbons (Fsp3) is 0.273. The predicted molar refractivity (Wildman–Crippen MR) is 115 cm³/mol. The molecule has 0 aliphatic rings. The van der Waals surface area contributed by atoms with Crippen molar-refractivity contribution in [3.8, 4) is 29.9 Å². The van der Waals surface area contributed by atoms with Gasteiger partial charge in [-0.05, 0) is 41.8 Å². The number of ether oxygens (including phenoxy) is 3.